The molecule has 90 valence electrons. The van der Waals surface area contributed by atoms with E-state index in [4.69, 9.17) is 4.74 Å². The number of methoxy groups -OCH3 is 1. The highest BCUT2D eigenvalue weighted by Gasteiger charge is 2.27. The third kappa shape index (κ3) is 2.13. The summed E-state index contributed by atoms with van der Waals surface area (Å²) in [5.41, 5.74) is 0.172. The molecule has 0 aromatic rings. The number of ketones is 1. The molecule has 0 saturated heterocycles. The van der Waals surface area contributed by atoms with Crippen molar-refractivity contribution in [3.05, 3.63) is 23.7 Å². The summed E-state index contributed by atoms with van der Waals surface area (Å²) in [5, 5.41) is 0. The van der Waals surface area contributed by atoms with Crippen LogP contribution in [0.25, 0.3) is 0 Å². The van der Waals surface area contributed by atoms with E-state index >= 15 is 0 Å². The van der Waals surface area contributed by atoms with Gasteiger partial charge in [0.1, 0.15) is 5.82 Å². The fourth-order valence-electron chi connectivity index (χ4n) is 1.64. The second kappa shape index (κ2) is 3.84. The number of hydrogen-bond acceptors (Lipinski definition) is 5. The largest absolute Gasteiger partial charge is 0.480 e. The van der Waals surface area contributed by atoms with Gasteiger partial charge in [0.05, 0.1) is 24.6 Å². The normalized spacial score (nSPS) is 21.2. The summed E-state index contributed by atoms with van der Waals surface area (Å²) in [6.07, 6.45) is 5.30. The van der Waals surface area contributed by atoms with Crippen LogP contribution in [0.1, 0.15) is 20.8 Å². The summed E-state index contributed by atoms with van der Waals surface area (Å²) in [5.74, 6) is 1.00. The molecule has 0 amide bonds. The first-order valence-corrected chi connectivity index (χ1v) is 5.35. The van der Waals surface area contributed by atoms with E-state index in [9.17, 15) is 4.79 Å². The van der Waals surface area contributed by atoms with Crippen molar-refractivity contribution in [1.29, 1.82) is 0 Å². The van der Waals surface area contributed by atoms with Crippen LogP contribution in [-0.2, 0) is 9.53 Å². The lowest BCUT2D eigenvalue weighted by Crippen LogP contribution is -2.32. The Hall–Kier alpha value is -1.91. The molecule has 0 saturated carbocycles. The lowest BCUT2D eigenvalue weighted by molar-refractivity contribution is -0.113. The standard InChI is InChI=1S/C12H15N3O2/c1-8(16)9-6-15-7-13-12(2,3)5-10(15)14-11(9)17-4/h5-7H,1-4H3. The van der Waals surface area contributed by atoms with Crippen LogP contribution in [0.15, 0.2) is 33.7 Å². The van der Waals surface area contributed by atoms with Gasteiger partial charge in [0.25, 0.3) is 0 Å². The Kier molecular flexibility index (Phi) is 2.61. The Morgan fingerprint density at radius 2 is 2.18 bits per heavy atom. The zero-order chi connectivity index (χ0) is 12.6. The van der Waals surface area contributed by atoms with Crippen LogP contribution >= 0.6 is 0 Å². The molecular weight excluding hydrogens is 218 g/mol. The smallest absolute Gasteiger partial charge is 0.227 e. The van der Waals surface area contributed by atoms with Crippen LogP contribution < -0.4 is 0 Å². The van der Waals surface area contributed by atoms with Gasteiger partial charge in [0.2, 0.25) is 5.90 Å². The van der Waals surface area contributed by atoms with Crippen molar-refractivity contribution in [2.75, 3.05) is 7.11 Å². The first kappa shape index (κ1) is 11.6. The Morgan fingerprint density at radius 3 is 2.76 bits per heavy atom. The SMILES string of the molecule is COC1=NC2=CC(C)(C)N=CN2C=C1C(C)=O. The van der Waals surface area contributed by atoms with E-state index in [-0.39, 0.29) is 11.3 Å². The second-order valence-corrected chi connectivity index (χ2v) is 4.53. The molecule has 17 heavy (non-hydrogen) atoms. The van der Waals surface area contributed by atoms with Gasteiger partial charge in [-0.05, 0) is 26.8 Å². The molecule has 2 aliphatic heterocycles. The molecule has 5 heteroatoms. The van der Waals surface area contributed by atoms with Gasteiger partial charge in [-0.1, -0.05) is 0 Å². The maximum atomic E-state index is 11.5. The minimum atomic E-state index is -0.282. The van der Waals surface area contributed by atoms with E-state index in [1.165, 1.54) is 14.0 Å². The monoisotopic (exact) mass is 233 g/mol. The average molecular weight is 233 g/mol. The maximum Gasteiger partial charge on any atom is 0.227 e. The molecule has 0 atom stereocenters. The van der Waals surface area contributed by atoms with E-state index in [1.807, 2.05) is 19.9 Å². The van der Waals surface area contributed by atoms with Crippen molar-refractivity contribution >= 4 is 18.0 Å². The molecule has 5 nitrogen and oxygen atoms in total. The van der Waals surface area contributed by atoms with Crippen LogP contribution in [0.4, 0.5) is 0 Å². The molecule has 0 bridgehead atoms. The minimum Gasteiger partial charge on any atom is -0.480 e. The lowest BCUT2D eigenvalue weighted by atomic mass is 10.0. The summed E-state index contributed by atoms with van der Waals surface area (Å²) in [4.78, 5) is 21.8. The molecule has 0 aromatic carbocycles. The maximum absolute atomic E-state index is 11.5. The topological polar surface area (TPSA) is 54.3 Å². The van der Waals surface area contributed by atoms with Gasteiger partial charge in [-0.3, -0.25) is 14.7 Å². The molecule has 0 radical (unpaired) electrons. The molecule has 2 aliphatic rings. The molecule has 0 aromatic heterocycles. The third-order valence-electron chi connectivity index (χ3n) is 2.55. The minimum absolute atomic E-state index is 0.0807. The molecular formula is C12H15N3O2. The number of carbonyl (C=O) groups excluding carboxylic acids is 1. The first-order valence-electron chi connectivity index (χ1n) is 5.35. The van der Waals surface area contributed by atoms with Crippen molar-refractivity contribution in [3.63, 3.8) is 0 Å². The number of hydrogen-bond donors (Lipinski definition) is 0. The van der Waals surface area contributed by atoms with Crippen molar-refractivity contribution < 1.29 is 9.53 Å². The van der Waals surface area contributed by atoms with Gasteiger partial charge in [-0.25, -0.2) is 0 Å². The quantitative estimate of drug-likeness (QED) is 0.689. The zero-order valence-corrected chi connectivity index (χ0v) is 10.4. The van der Waals surface area contributed by atoms with Crippen LogP contribution in [0, 0.1) is 0 Å². The fourth-order valence-corrected chi connectivity index (χ4v) is 1.64. The summed E-state index contributed by atoms with van der Waals surface area (Å²) >= 11 is 0. The highest BCUT2D eigenvalue weighted by Crippen LogP contribution is 2.25. The number of fused-ring (bicyclic) bond motifs is 1. The highest BCUT2D eigenvalue weighted by atomic mass is 16.5. The van der Waals surface area contributed by atoms with Gasteiger partial charge in [0, 0.05) is 6.20 Å². The van der Waals surface area contributed by atoms with Crippen molar-refractivity contribution in [3.8, 4) is 0 Å². The number of nitrogens with zero attached hydrogens (tertiary/aromatic N) is 3. The van der Waals surface area contributed by atoms with Crippen LogP contribution in [-0.4, -0.2) is 35.6 Å². The summed E-state index contributed by atoms with van der Waals surface area (Å²) < 4.78 is 5.13. The van der Waals surface area contributed by atoms with Crippen LogP contribution in [0.3, 0.4) is 0 Å². The molecule has 0 spiro atoms. The van der Waals surface area contributed by atoms with Gasteiger partial charge >= 0.3 is 0 Å². The molecule has 0 aliphatic carbocycles. The third-order valence-corrected chi connectivity index (χ3v) is 2.55. The second-order valence-electron chi connectivity index (χ2n) is 4.53. The predicted molar refractivity (Wildman–Crippen MR) is 65.7 cm³/mol. The molecule has 0 unspecified atom stereocenters. The molecule has 0 N–H and O–H groups in total. The van der Waals surface area contributed by atoms with E-state index in [1.54, 1.807) is 17.4 Å². The van der Waals surface area contributed by atoms with Crippen LogP contribution in [0.5, 0.6) is 0 Å². The van der Waals surface area contributed by atoms with E-state index in [2.05, 4.69) is 9.98 Å². The fraction of sp³-hybridized carbons (Fsp3) is 0.417. The average Bonchev–Trinajstić information content (AvgIpc) is 2.25. The Bertz CT molecular complexity index is 484. The molecule has 0 fully saturated rings. The summed E-state index contributed by atoms with van der Waals surface area (Å²) in [6.45, 7) is 5.46. The number of ether oxygens (including phenoxy) is 1. The highest BCUT2D eigenvalue weighted by molar-refractivity contribution is 6.19. The van der Waals surface area contributed by atoms with Crippen molar-refractivity contribution in [2.45, 2.75) is 26.3 Å². The summed E-state index contributed by atoms with van der Waals surface area (Å²) in [7, 11) is 1.51. The number of carbonyl (C=O) groups is 1. The lowest BCUT2D eigenvalue weighted by Gasteiger charge is -2.29. The van der Waals surface area contributed by atoms with Gasteiger partial charge in [-0.15, -0.1) is 0 Å². The van der Waals surface area contributed by atoms with E-state index < -0.39 is 0 Å². The van der Waals surface area contributed by atoms with Gasteiger partial charge in [-0.2, -0.15) is 4.99 Å². The van der Waals surface area contributed by atoms with Crippen LogP contribution in [0.2, 0.25) is 0 Å². The van der Waals surface area contributed by atoms with E-state index in [0.717, 1.165) is 5.82 Å². The van der Waals surface area contributed by atoms with E-state index in [0.29, 0.717) is 11.5 Å². The number of aliphatic imine (C=N–C) groups is 2. The number of Topliss-reactive ketones (excluding diaryl/α,β-unsaturated/α-hetero) is 1. The predicted octanol–water partition coefficient (Wildman–Crippen LogP) is 1.48. The Labute approximate surface area is 100 Å². The summed E-state index contributed by atoms with van der Waals surface area (Å²) in [6, 6.07) is 0. The van der Waals surface area contributed by atoms with Crippen molar-refractivity contribution in [2.24, 2.45) is 9.98 Å². The molecule has 2 heterocycles. The van der Waals surface area contributed by atoms with Gasteiger partial charge in [0.15, 0.2) is 5.78 Å². The van der Waals surface area contributed by atoms with Gasteiger partial charge < -0.3 is 4.74 Å². The first-order chi connectivity index (χ1) is 7.93. The Balaban J connectivity index is 2.44. The Morgan fingerprint density at radius 1 is 1.47 bits per heavy atom. The molecule has 2 rings (SSSR count). The number of rotatable bonds is 1. The zero-order valence-electron chi connectivity index (χ0n) is 10.4. The van der Waals surface area contributed by atoms with Crippen molar-refractivity contribution in [1.82, 2.24) is 4.90 Å².